The Morgan fingerprint density at radius 2 is 2.31 bits per heavy atom. The lowest BCUT2D eigenvalue weighted by molar-refractivity contribution is 0.0981. The number of ether oxygens (including phenoxy) is 2. The number of rotatable bonds is 5. The Hall–Kier alpha value is -1.06. The molecule has 2 rings (SSSR count). The van der Waals surface area contributed by atoms with E-state index in [9.17, 15) is 0 Å². The van der Waals surface area contributed by atoms with Crippen molar-refractivity contribution in [3.8, 4) is 5.75 Å². The minimum atomic E-state index is 0.192. The van der Waals surface area contributed by atoms with E-state index < -0.39 is 0 Å². The van der Waals surface area contributed by atoms with Gasteiger partial charge >= 0.3 is 0 Å². The van der Waals surface area contributed by atoms with Crippen LogP contribution in [0.5, 0.6) is 5.75 Å². The van der Waals surface area contributed by atoms with Crippen LogP contribution in [0.4, 0.5) is 0 Å². The van der Waals surface area contributed by atoms with Gasteiger partial charge in [0, 0.05) is 13.5 Å². The number of fused-ring (bicyclic) bond motifs is 1. The molecule has 1 aromatic carbocycles. The SMILES string of the molecule is CCNC(COC)C1Cc2ccccc2O1. The van der Waals surface area contributed by atoms with E-state index in [2.05, 4.69) is 24.4 Å². The molecule has 1 aliphatic heterocycles. The number of methoxy groups -OCH3 is 1. The first-order chi connectivity index (χ1) is 7.85. The lowest BCUT2D eigenvalue weighted by Crippen LogP contribution is -2.45. The minimum absolute atomic E-state index is 0.192. The van der Waals surface area contributed by atoms with Crippen LogP contribution in [0, 0.1) is 0 Å². The van der Waals surface area contributed by atoms with Crippen molar-refractivity contribution in [2.45, 2.75) is 25.5 Å². The van der Waals surface area contributed by atoms with Gasteiger partial charge in [-0.2, -0.15) is 0 Å². The van der Waals surface area contributed by atoms with Crippen LogP contribution in [-0.4, -0.2) is 32.4 Å². The first-order valence-corrected chi connectivity index (χ1v) is 5.82. The zero-order chi connectivity index (χ0) is 11.4. The van der Waals surface area contributed by atoms with Gasteiger partial charge in [0.15, 0.2) is 0 Å². The number of para-hydroxylation sites is 1. The molecule has 0 saturated carbocycles. The van der Waals surface area contributed by atoms with Gasteiger partial charge in [-0.1, -0.05) is 25.1 Å². The molecule has 0 spiro atoms. The molecular formula is C13H19NO2. The molecule has 1 heterocycles. The van der Waals surface area contributed by atoms with E-state index in [1.54, 1.807) is 7.11 Å². The quantitative estimate of drug-likeness (QED) is 0.819. The first-order valence-electron chi connectivity index (χ1n) is 5.82. The van der Waals surface area contributed by atoms with E-state index in [4.69, 9.17) is 9.47 Å². The van der Waals surface area contributed by atoms with Gasteiger partial charge in [0.05, 0.1) is 12.6 Å². The highest BCUT2D eigenvalue weighted by molar-refractivity contribution is 5.37. The molecule has 0 fully saturated rings. The number of benzene rings is 1. The van der Waals surface area contributed by atoms with E-state index in [-0.39, 0.29) is 12.1 Å². The molecule has 0 saturated heterocycles. The highest BCUT2D eigenvalue weighted by atomic mass is 16.5. The minimum Gasteiger partial charge on any atom is -0.488 e. The Morgan fingerprint density at radius 3 is 3.00 bits per heavy atom. The summed E-state index contributed by atoms with van der Waals surface area (Å²) in [6.45, 7) is 3.72. The molecule has 0 bridgehead atoms. The molecule has 0 radical (unpaired) electrons. The summed E-state index contributed by atoms with van der Waals surface area (Å²) >= 11 is 0. The number of hydrogen-bond donors (Lipinski definition) is 1. The van der Waals surface area contributed by atoms with E-state index in [1.165, 1.54) is 5.56 Å². The number of nitrogens with one attached hydrogen (secondary N) is 1. The van der Waals surface area contributed by atoms with Gasteiger partial charge in [-0.3, -0.25) is 0 Å². The topological polar surface area (TPSA) is 30.5 Å². The lowest BCUT2D eigenvalue weighted by atomic mass is 10.1. The van der Waals surface area contributed by atoms with Crippen LogP contribution in [0.25, 0.3) is 0 Å². The molecule has 2 atom stereocenters. The highest BCUT2D eigenvalue weighted by Crippen LogP contribution is 2.29. The summed E-state index contributed by atoms with van der Waals surface area (Å²) in [5.74, 6) is 1.02. The molecule has 0 aliphatic carbocycles. The number of likely N-dealkylation sites (N-methyl/N-ethyl adjacent to an activating group) is 1. The summed E-state index contributed by atoms with van der Waals surface area (Å²) in [6.07, 6.45) is 1.16. The monoisotopic (exact) mass is 221 g/mol. The van der Waals surface area contributed by atoms with Gasteiger partial charge in [0.25, 0.3) is 0 Å². The molecule has 2 unspecified atom stereocenters. The fourth-order valence-corrected chi connectivity index (χ4v) is 2.17. The summed E-state index contributed by atoms with van der Waals surface area (Å²) in [6, 6.07) is 8.50. The maximum Gasteiger partial charge on any atom is 0.123 e. The molecule has 3 nitrogen and oxygen atoms in total. The maximum absolute atomic E-state index is 5.93. The third kappa shape index (κ3) is 2.36. The van der Waals surface area contributed by atoms with Crippen molar-refractivity contribution in [2.75, 3.05) is 20.3 Å². The van der Waals surface area contributed by atoms with Crippen molar-refractivity contribution in [3.05, 3.63) is 29.8 Å². The largest absolute Gasteiger partial charge is 0.488 e. The van der Waals surface area contributed by atoms with Crippen molar-refractivity contribution < 1.29 is 9.47 Å². The third-order valence-corrected chi connectivity index (χ3v) is 2.93. The van der Waals surface area contributed by atoms with Crippen molar-refractivity contribution in [3.63, 3.8) is 0 Å². The average molecular weight is 221 g/mol. The first kappa shape index (κ1) is 11.4. The zero-order valence-corrected chi connectivity index (χ0v) is 9.90. The van der Waals surface area contributed by atoms with Gasteiger partial charge in [-0.25, -0.2) is 0 Å². The van der Waals surface area contributed by atoms with Gasteiger partial charge in [-0.05, 0) is 18.2 Å². The smallest absolute Gasteiger partial charge is 0.123 e. The van der Waals surface area contributed by atoms with Crippen molar-refractivity contribution in [2.24, 2.45) is 0 Å². The lowest BCUT2D eigenvalue weighted by Gasteiger charge is -2.23. The average Bonchev–Trinajstić information content (AvgIpc) is 2.72. The van der Waals surface area contributed by atoms with Crippen LogP contribution < -0.4 is 10.1 Å². The van der Waals surface area contributed by atoms with Gasteiger partial charge in [0.1, 0.15) is 11.9 Å². The van der Waals surface area contributed by atoms with Gasteiger partial charge < -0.3 is 14.8 Å². The second-order valence-electron chi connectivity index (χ2n) is 4.09. The fourth-order valence-electron chi connectivity index (χ4n) is 2.17. The van der Waals surface area contributed by atoms with Crippen LogP contribution in [0.1, 0.15) is 12.5 Å². The van der Waals surface area contributed by atoms with Gasteiger partial charge in [-0.15, -0.1) is 0 Å². The Balaban J connectivity index is 2.02. The van der Waals surface area contributed by atoms with Crippen molar-refractivity contribution in [1.82, 2.24) is 5.32 Å². The van der Waals surface area contributed by atoms with E-state index in [1.807, 2.05) is 12.1 Å². The molecule has 1 aromatic rings. The Morgan fingerprint density at radius 1 is 1.50 bits per heavy atom. The molecule has 3 heteroatoms. The number of hydrogen-bond acceptors (Lipinski definition) is 3. The van der Waals surface area contributed by atoms with Crippen LogP contribution in [0.3, 0.4) is 0 Å². The second-order valence-corrected chi connectivity index (χ2v) is 4.09. The van der Waals surface area contributed by atoms with E-state index in [0.717, 1.165) is 18.7 Å². The van der Waals surface area contributed by atoms with Crippen molar-refractivity contribution in [1.29, 1.82) is 0 Å². The van der Waals surface area contributed by atoms with Crippen LogP contribution in [-0.2, 0) is 11.2 Å². The maximum atomic E-state index is 5.93. The van der Waals surface area contributed by atoms with E-state index >= 15 is 0 Å². The highest BCUT2D eigenvalue weighted by Gasteiger charge is 2.29. The molecule has 16 heavy (non-hydrogen) atoms. The van der Waals surface area contributed by atoms with Crippen LogP contribution >= 0.6 is 0 Å². The molecule has 0 amide bonds. The van der Waals surface area contributed by atoms with Crippen LogP contribution in [0.15, 0.2) is 24.3 Å². The van der Waals surface area contributed by atoms with E-state index in [0.29, 0.717) is 6.61 Å². The molecule has 88 valence electrons. The molecule has 0 aromatic heterocycles. The zero-order valence-electron chi connectivity index (χ0n) is 9.90. The van der Waals surface area contributed by atoms with Crippen LogP contribution in [0.2, 0.25) is 0 Å². The van der Waals surface area contributed by atoms with Crippen molar-refractivity contribution >= 4 is 0 Å². The summed E-state index contributed by atoms with van der Waals surface area (Å²) in [4.78, 5) is 0. The standard InChI is InChI=1S/C13H19NO2/c1-3-14-11(9-15-2)13-8-10-6-4-5-7-12(10)16-13/h4-7,11,13-14H,3,8-9H2,1-2H3. The predicted molar refractivity (Wildman–Crippen MR) is 63.9 cm³/mol. The third-order valence-electron chi connectivity index (χ3n) is 2.93. The molecule has 1 aliphatic rings. The Bertz CT molecular complexity index is 309. The summed E-state index contributed by atoms with van der Waals surface area (Å²) in [5, 5.41) is 3.41. The molecule has 1 N–H and O–H groups in total. The molecular weight excluding hydrogens is 202 g/mol. The summed E-state index contributed by atoms with van der Waals surface area (Å²) in [5.41, 5.74) is 1.30. The second kappa shape index (κ2) is 5.32. The van der Waals surface area contributed by atoms with Gasteiger partial charge in [0.2, 0.25) is 0 Å². The normalized spacial score (nSPS) is 20.2. The Kier molecular flexibility index (Phi) is 3.80. The fraction of sp³-hybridized carbons (Fsp3) is 0.538. The summed E-state index contributed by atoms with van der Waals surface area (Å²) in [7, 11) is 1.73. The Labute approximate surface area is 96.8 Å². The summed E-state index contributed by atoms with van der Waals surface area (Å²) < 4.78 is 11.2. The predicted octanol–water partition coefficient (Wildman–Crippen LogP) is 1.61.